The summed E-state index contributed by atoms with van der Waals surface area (Å²) in [5.41, 5.74) is 0.981. The number of hydrogen-bond donors (Lipinski definition) is 3. The van der Waals surface area contributed by atoms with E-state index in [0.717, 1.165) is 30.5 Å². The first-order valence-electron chi connectivity index (χ1n) is 7.48. The third-order valence-corrected chi connectivity index (χ3v) is 4.61. The average Bonchev–Trinajstić information content (AvgIpc) is 2.69. The number of pyridine rings is 1. The Labute approximate surface area is 126 Å². The highest BCUT2D eigenvalue weighted by Crippen LogP contribution is 2.45. The molecule has 1 aromatic rings. The number of aliphatic hydroxyl groups is 1. The molecule has 3 N–H and O–H groups in total. The van der Waals surface area contributed by atoms with E-state index in [4.69, 9.17) is 0 Å². The summed E-state index contributed by atoms with van der Waals surface area (Å²) in [6.45, 7) is 6.78. The van der Waals surface area contributed by atoms with E-state index in [2.05, 4.69) is 29.5 Å². The predicted molar refractivity (Wildman–Crippen MR) is 81.8 cm³/mol. The minimum Gasteiger partial charge on any atom is -0.387 e. The van der Waals surface area contributed by atoms with E-state index >= 15 is 0 Å². The van der Waals surface area contributed by atoms with Gasteiger partial charge in [-0.3, -0.25) is 4.98 Å². The van der Waals surface area contributed by atoms with Crippen LogP contribution in [0.5, 0.6) is 0 Å². The molecule has 0 saturated heterocycles. The van der Waals surface area contributed by atoms with Gasteiger partial charge in [0.1, 0.15) is 0 Å². The second kappa shape index (κ2) is 6.02. The molecule has 2 amide bonds. The van der Waals surface area contributed by atoms with Gasteiger partial charge in [-0.1, -0.05) is 13.8 Å². The first kappa shape index (κ1) is 15.8. The minimum absolute atomic E-state index is 0.150. The molecule has 116 valence electrons. The molecule has 0 spiro atoms. The lowest BCUT2D eigenvalue weighted by atomic mass is 9.78. The van der Waals surface area contributed by atoms with E-state index < -0.39 is 5.60 Å². The van der Waals surface area contributed by atoms with Crippen LogP contribution in [0.1, 0.15) is 44.4 Å². The lowest BCUT2D eigenvalue weighted by Gasteiger charge is -2.36. The Hall–Kier alpha value is -1.62. The zero-order chi connectivity index (χ0) is 15.5. The van der Waals surface area contributed by atoms with Crippen LogP contribution in [0.2, 0.25) is 0 Å². The van der Waals surface area contributed by atoms with Gasteiger partial charge in [0.05, 0.1) is 5.60 Å². The Morgan fingerprint density at radius 2 is 2.14 bits per heavy atom. The molecule has 0 bridgehead atoms. The molecular formula is C16H25N3O2. The maximum atomic E-state index is 11.9. The van der Waals surface area contributed by atoms with Gasteiger partial charge >= 0.3 is 6.03 Å². The van der Waals surface area contributed by atoms with Gasteiger partial charge in [0.2, 0.25) is 0 Å². The summed E-state index contributed by atoms with van der Waals surface area (Å²) in [6.07, 6.45) is 4.46. The van der Waals surface area contributed by atoms with Crippen molar-refractivity contribution in [2.24, 2.45) is 5.41 Å². The average molecular weight is 291 g/mol. The molecule has 0 radical (unpaired) electrons. The Morgan fingerprint density at radius 1 is 1.38 bits per heavy atom. The number of nitrogens with zero attached hydrogens (tertiary/aromatic N) is 1. The van der Waals surface area contributed by atoms with Gasteiger partial charge in [0.25, 0.3) is 0 Å². The molecule has 1 aliphatic carbocycles. The standard InChI is InChI=1S/C16H25N3O2/c1-12-9-13(5-8-17-12)10-18-14(20)19-11-16(21)7-4-6-15(16,2)3/h5,8-9,21H,4,6-7,10-11H2,1-3H3,(H2,18,19,20). The van der Waals surface area contributed by atoms with Crippen LogP contribution in [0.4, 0.5) is 4.79 Å². The van der Waals surface area contributed by atoms with E-state index in [1.807, 2.05) is 19.1 Å². The number of aromatic nitrogens is 1. The molecule has 1 aromatic heterocycles. The molecule has 0 aromatic carbocycles. The van der Waals surface area contributed by atoms with Crippen LogP contribution in [0.25, 0.3) is 0 Å². The molecule has 1 atom stereocenters. The second-order valence-corrected chi connectivity index (χ2v) is 6.61. The lowest BCUT2D eigenvalue weighted by Crippen LogP contribution is -2.51. The predicted octanol–water partition coefficient (Wildman–Crippen LogP) is 2.13. The van der Waals surface area contributed by atoms with Crippen molar-refractivity contribution in [3.63, 3.8) is 0 Å². The maximum absolute atomic E-state index is 11.9. The maximum Gasteiger partial charge on any atom is 0.315 e. The van der Waals surface area contributed by atoms with E-state index in [0.29, 0.717) is 13.1 Å². The van der Waals surface area contributed by atoms with Crippen molar-refractivity contribution in [1.82, 2.24) is 15.6 Å². The molecule has 1 aliphatic rings. The highest BCUT2D eigenvalue weighted by Gasteiger charge is 2.47. The highest BCUT2D eigenvalue weighted by atomic mass is 16.3. The van der Waals surface area contributed by atoms with Crippen molar-refractivity contribution in [1.29, 1.82) is 0 Å². The van der Waals surface area contributed by atoms with E-state index in [1.54, 1.807) is 6.20 Å². The Morgan fingerprint density at radius 3 is 2.76 bits per heavy atom. The van der Waals surface area contributed by atoms with Crippen molar-refractivity contribution in [2.45, 2.75) is 52.2 Å². The second-order valence-electron chi connectivity index (χ2n) is 6.61. The number of rotatable bonds is 4. The molecule has 1 fully saturated rings. The van der Waals surface area contributed by atoms with Crippen molar-refractivity contribution in [3.05, 3.63) is 29.6 Å². The van der Waals surface area contributed by atoms with Crippen LogP contribution in [0.3, 0.4) is 0 Å². The number of aryl methyl sites for hydroxylation is 1. The smallest absolute Gasteiger partial charge is 0.315 e. The number of carbonyl (C=O) groups excluding carboxylic acids is 1. The quantitative estimate of drug-likeness (QED) is 0.795. The first-order chi connectivity index (χ1) is 9.82. The zero-order valence-corrected chi connectivity index (χ0v) is 13.1. The summed E-state index contributed by atoms with van der Waals surface area (Å²) in [4.78, 5) is 16.0. The van der Waals surface area contributed by atoms with Crippen molar-refractivity contribution >= 4 is 6.03 Å². The first-order valence-corrected chi connectivity index (χ1v) is 7.48. The molecule has 0 aliphatic heterocycles. The number of carbonyl (C=O) groups is 1. The van der Waals surface area contributed by atoms with Gasteiger partial charge < -0.3 is 15.7 Å². The summed E-state index contributed by atoms with van der Waals surface area (Å²) in [6, 6.07) is 3.56. The Kier molecular flexibility index (Phi) is 4.52. The lowest BCUT2D eigenvalue weighted by molar-refractivity contribution is -0.0385. The van der Waals surface area contributed by atoms with Gasteiger partial charge in [-0.15, -0.1) is 0 Å². The fourth-order valence-electron chi connectivity index (χ4n) is 2.91. The summed E-state index contributed by atoms with van der Waals surface area (Å²) in [5.74, 6) is 0. The van der Waals surface area contributed by atoms with Crippen molar-refractivity contribution in [3.8, 4) is 0 Å². The van der Waals surface area contributed by atoms with Gasteiger partial charge in [0.15, 0.2) is 0 Å². The van der Waals surface area contributed by atoms with E-state index in [9.17, 15) is 9.90 Å². The molecule has 21 heavy (non-hydrogen) atoms. The van der Waals surface area contributed by atoms with Gasteiger partial charge in [-0.25, -0.2) is 4.79 Å². The van der Waals surface area contributed by atoms with E-state index in [-0.39, 0.29) is 11.4 Å². The summed E-state index contributed by atoms with van der Waals surface area (Å²) in [7, 11) is 0. The zero-order valence-electron chi connectivity index (χ0n) is 13.1. The number of nitrogens with one attached hydrogen (secondary N) is 2. The molecular weight excluding hydrogens is 266 g/mol. The van der Waals surface area contributed by atoms with Gasteiger partial charge in [0, 0.05) is 25.0 Å². The van der Waals surface area contributed by atoms with Crippen molar-refractivity contribution in [2.75, 3.05) is 6.54 Å². The SMILES string of the molecule is Cc1cc(CNC(=O)NCC2(O)CCCC2(C)C)ccn1. The molecule has 1 unspecified atom stereocenters. The highest BCUT2D eigenvalue weighted by molar-refractivity contribution is 5.73. The van der Waals surface area contributed by atoms with Crippen LogP contribution in [0, 0.1) is 12.3 Å². The van der Waals surface area contributed by atoms with Crippen LogP contribution >= 0.6 is 0 Å². The van der Waals surface area contributed by atoms with Crippen LogP contribution < -0.4 is 10.6 Å². The van der Waals surface area contributed by atoms with Gasteiger partial charge in [-0.05, 0) is 49.3 Å². The monoisotopic (exact) mass is 291 g/mol. The largest absolute Gasteiger partial charge is 0.387 e. The van der Waals surface area contributed by atoms with Gasteiger partial charge in [-0.2, -0.15) is 0 Å². The normalized spacial score (nSPS) is 23.8. The third kappa shape index (κ3) is 3.73. The topological polar surface area (TPSA) is 74.2 Å². The summed E-state index contributed by atoms with van der Waals surface area (Å²) in [5, 5.41) is 16.2. The Bertz CT molecular complexity index is 516. The van der Waals surface area contributed by atoms with Crippen molar-refractivity contribution < 1.29 is 9.90 Å². The minimum atomic E-state index is -0.808. The molecule has 5 nitrogen and oxygen atoms in total. The van der Waals surface area contributed by atoms with Crippen LogP contribution in [0.15, 0.2) is 18.3 Å². The number of amides is 2. The number of hydrogen-bond acceptors (Lipinski definition) is 3. The molecule has 2 rings (SSSR count). The summed E-state index contributed by atoms with van der Waals surface area (Å²) >= 11 is 0. The van der Waals surface area contributed by atoms with Crippen LogP contribution in [-0.4, -0.2) is 28.3 Å². The third-order valence-electron chi connectivity index (χ3n) is 4.61. The fraction of sp³-hybridized carbons (Fsp3) is 0.625. The molecule has 5 heteroatoms. The summed E-state index contributed by atoms with van der Waals surface area (Å²) < 4.78 is 0. The fourth-order valence-corrected chi connectivity index (χ4v) is 2.91. The van der Waals surface area contributed by atoms with Crippen LogP contribution in [-0.2, 0) is 6.54 Å². The Balaban J connectivity index is 1.80. The molecule has 1 saturated carbocycles. The molecule has 1 heterocycles. The number of urea groups is 1. The van der Waals surface area contributed by atoms with E-state index in [1.165, 1.54) is 0 Å².